The lowest BCUT2D eigenvalue weighted by Crippen LogP contribution is -2.30. The molecule has 0 aliphatic heterocycles. The van der Waals surface area contributed by atoms with Crippen molar-refractivity contribution in [2.75, 3.05) is 13.2 Å². The number of unbranched alkanes of at least 4 members (excludes halogenated alkanes) is 7. The molecule has 0 aromatic rings. The third kappa shape index (κ3) is 53.7. The number of carbonyl (C=O) groups is 3. The molecule has 70 heavy (non-hydrogen) atoms. The molecule has 0 bridgehead atoms. The lowest BCUT2D eigenvalue weighted by Gasteiger charge is -2.18. The number of rotatable bonds is 46. The summed E-state index contributed by atoms with van der Waals surface area (Å²) in [7, 11) is 0. The minimum atomic E-state index is -0.836. The van der Waals surface area contributed by atoms with E-state index in [-0.39, 0.29) is 38.0 Å². The molecule has 0 fully saturated rings. The van der Waals surface area contributed by atoms with Crippen molar-refractivity contribution in [2.24, 2.45) is 0 Å². The third-order valence-electron chi connectivity index (χ3n) is 10.5. The van der Waals surface area contributed by atoms with E-state index in [4.69, 9.17) is 14.2 Å². The fourth-order valence-corrected chi connectivity index (χ4v) is 6.48. The molecule has 1 atom stereocenters. The van der Waals surface area contributed by atoms with Gasteiger partial charge in [-0.1, -0.05) is 223 Å². The van der Waals surface area contributed by atoms with E-state index in [0.29, 0.717) is 19.3 Å². The summed E-state index contributed by atoms with van der Waals surface area (Å²) in [6.45, 7) is 6.21. The van der Waals surface area contributed by atoms with Gasteiger partial charge in [-0.25, -0.2) is 0 Å². The van der Waals surface area contributed by atoms with Gasteiger partial charge in [0.25, 0.3) is 0 Å². The number of ether oxygens (including phenoxy) is 3. The first-order valence-electron chi connectivity index (χ1n) is 27.1. The van der Waals surface area contributed by atoms with Crippen LogP contribution in [0.25, 0.3) is 0 Å². The molecule has 0 saturated heterocycles. The summed E-state index contributed by atoms with van der Waals surface area (Å²) in [6, 6.07) is 0. The lowest BCUT2D eigenvalue weighted by molar-refractivity contribution is -0.167. The zero-order valence-corrected chi connectivity index (χ0v) is 44.2. The Morgan fingerprint density at radius 1 is 0.300 bits per heavy atom. The Kier molecular flexibility index (Phi) is 52.1. The van der Waals surface area contributed by atoms with Crippen molar-refractivity contribution in [3.05, 3.63) is 170 Å². The third-order valence-corrected chi connectivity index (χ3v) is 10.5. The monoisotopic (exact) mass is 961 g/mol. The second-order valence-electron chi connectivity index (χ2n) is 17.0. The number of carbonyl (C=O) groups excluding carboxylic acids is 3. The van der Waals surface area contributed by atoms with Gasteiger partial charge < -0.3 is 14.2 Å². The smallest absolute Gasteiger partial charge is 0.306 e. The summed E-state index contributed by atoms with van der Waals surface area (Å²) < 4.78 is 16.6. The summed E-state index contributed by atoms with van der Waals surface area (Å²) in [6.07, 6.45) is 83.9. The van der Waals surface area contributed by atoms with Gasteiger partial charge in [-0.2, -0.15) is 0 Å². The van der Waals surface area contributed by atoms with Crippen LogP contribution in [0.15, 0.2) is 170 Å². The predicted molar refractivity (Wildman–Crippen MR) is 301 cm³/mol. The van der Waals surface area contributed by atoms with Crippen LogP contribution in [0.1, 0.15) is 194 Å². The average molecular weight is 961 g/mol. The first-order chi connectivity index (χ1) is 34.5. The normalized spacial score (nSPS) is 13.5. The molecule has 1 unspecified atom stereocenters. The van der Waals surface area contributed by atoms with Gasteiger partial charge in [0.05, 0.1) is 0 Å². The molecule has 0 aliphatic carbocycles. The van der Waals surface area contributed by atoms with Gasteiger partial charge >= 0.3 is 17.9 Å². The van der Waals surface area contributed by atoms with E-state index in [1.807, 2.05) is 0 Å². The Morgan fingerprint density at radius 3 is 0.871 bits per heavy atom. The number of hydrogen-bond donors (Lipinski definition) is 0. The van der Waals surface area contributed by atoms with E-state index in [1.54, 1.807) is 0 Å². The summed E-state index contributed by atoms with van der Waals surface area (Å²) >= 11 is 0. The molecule has 0 aliphatic rings. The summed E-state index contributed by atoms with van der Waals surface area (Å²) in [5.74, 6) is -1.07. The second kappa shape index (κ2) is 56.4. The van der Waals surface area contributed by atoms with Gasteiger partial charge in [0.1, 0.15) is 13.2 Å². The van der Waals surface area contributed by atoms with Crippen molar-refractivity contribution in [2.45, 2.75) is 200 Å². The molecule has 6 heteroatoms. The van der Waals surface area contributed by atoms with Crippen LogP contribution in [0.2, 0.25) is 0 Å². The van der Waals surface area contributed by atoms with E-state index in [2.05, 4.69) is 191 Å². The Labute approximate surface area is 428 Å². The fourth-order valence-electron chi connectivity index (χ4n) is 6.48. The lowest BCUT2D eigenvalue weighted by atomic mass is 10.1. The molecule has 0 aromatic carbocycles. The number of esters is 3. The Balaban J connectivity index is 4.38. The quantitative estimate of drug-likeness (QED) is 0.0262. The van der Waals surface area contributed by atoms with E-state index < -0.39 is 12.1 Å². The Morgan fingerprint density at radius 2 is 0.557 bits per heavy atom. The molecule has 0 spiro atoms. The van der Waals surface area contributed by atoms with Crippen LogP contribution in [0.4, 0.5) is 0 Å². The second-order valence-corrected chi connectivity index (χ2v) is 17.0. The predicted octanol–water partition coefficient (Wildman–Crippen LogP) is 18.4. The van der Waals surface area contributed by atoms with Gasteiger partial charge in [-0.3, -0.25) is 14.4 Å². The maximum atomic E-state index is 12.7. The van der Waals surface area contributed by atoms with E-state index in [1.165, 1.54) is 19.3 Å². The maximum Gasteiger partial charge on any atom is 0.306 e. The number of allylic oxidation sites excluding steroid dienone is 28. The first kappa shape index (κ1) is 64.8. The summed E-state index contributed by atoms with van der Waals surface area (Å²) in [4.78, 5) is 37.7. The zero-order chi connectivity index (χ0) is 50.7. The van der Waals surface area contributed by atoms with Gasteiger partial charge in [-0.15, -0.1) is 0 Å². The minimum absolute atomic E-state index is 0.127. The van der Waals surface area contributed by atoms with E-state index >= 15 is 0 Å². The molecular formula is C64H96O6. The summed E-state index contributed by atoms with van der Waals surface area (Å²) in [5.41, 5.74) is 0. The van der Waals surface area contributed by atoms with Gasteiger partial charge in [0.2, 0.25) is 0 Å². The van der Waals surface area contributed by atoms with Crippen molar-refractivity contribution in [3.63, 3.8) is 0 Å². The number of hydrogen-bond acceptors (Lipinski definition) is 6. The van der Waals surface area contributed by atoms with Crippen molar-refractivity contribution in [1.29, 1.82) is 0 Å². The molecule has 0 aromatic heterocycles. The van der Waals surface area contributed by atoms with Crippen LogP contribution >= 0.6 is 0 Å². The maximum absolute atomic E-state index is 12.7. The van der Waals surface area contributed by atoms with Crippen LogP contribution in [0.5, 0.6) is 0 Å². The molecule has 0 rings (SSSR count). The SMILES string of the molecule is CC/C=C\C/C=C\C/C=C\C/C=C\C/C=C\C/C=C\C/C=C\C/C=C\C/C=C\CCCC(=O)OCC(COC(=O)CCCCCCCC)OC(=O)CCC/C=C\C/C=C\C/C=C\C/C=C\C/C=C\CC. The van der Waals surface area contributed by atoms with Crippen molar-refractivity contribution >= 4 is 17.9 Å². The molecule has 0 radical (unpaired) electrons. The molecule has 6 nitrogen and oxygen atoms in total. The van der Waals surface area contributed by atoms with Crippen LogP contribution < -0.4 is 0 Å². The molecular weight excluding hydrogens is 865 g/mol. The summed E-state index contributed by atoms with van der Waals surface area (Å²) in [5, 5.41) is 0. The van der Waals surface area contributed by atoms with Crippen LogP contribution in [-0.2, 0) is 28.6 Å². The van der Waals surface area contributed by atoms with Crippen molar-refractivity contribution in [1.82, 2.24) is 0 Å². The molecule has 0 amide bonds. The van der Waals surface area contributed by atoms with Crippen LogP contribution in [0, 0.1) is 0 Å². The van der Waals surface area contributed by atoms with Crippen molar-refractivity contribution in [3.8, 4) is 0 Å². The highest BCUT2D eigenvalue weighted by Crippen LogP contribution is 2.10. The van der Waals surface area contributed by atoms with Gasteiger partial charge in [0, 0.05) is 19.3 Å². The molecule has 388 valence electrons. The van der Waals surface area contributed by atoms with E-state index in [9.17, 15) is 14.4 Å². The van der Waals surface area contributed by atoms with Gasteiger partial charge in [0.15, 0.2) is 6.10 Å². The zero-order valence-electron chi connectivity index (χ0n) is 44.2. The van der Waals surface area contributed by atoms with Crippen LogP contribution in [0.3, 0.4) is 0 Å². The Bertz CT molecular complexity index is 1670. The highest BCUT2D eigenvalue weighted by atomic mass is 16.6. The fraction of sp³-hybridized carbons (Fsp3) is 0.516. The standard InChI is InChI=1S/C64H96O6/c1-4-7-10-13-16-18-20-22-24-26-27-28-29-30-31-32-33-34-35-36-37-39-40-42-44-46-48-51-54-57-63(66)69-60-61(59-68-62(65)56-53-50-15-12-9-6-3)70-64(67)58-55-52-49-47-45-43-41-38-25-23-21-19-17-14-11-8-5-2/h7-8,10-11,16-19,22-25,27-28,30-31,33-34,36-37,40-43,46-49,61H,4-6,9,12-15,20-21,26,29,32,35,38-39,44-45,50-60H2,1-3H3/b10-7-,11-8-,18-16-,19-17-,24-22-,25-23-,28-27-,31-30-,34-33-,37-36-,42-40-,43-41-,48-46-,49-47-. The average Bonchev–Trinajstić information content (AvgIpc) is 3.36. The molecule has 0 heterocycles. The highest BCUT2D eigenvalue weighted by molar-refractivity contribution is 5.71. The largest absolute Gasteiger partial charge is 0.462 e. The highest BCUT2D eigenvalue weighted by Gasteiger charge is 2.19. The van der Waals surface area contributed by atoms with Gasteiger partial charge in [-0.05, 0) is 122 Å². The topological polar surface area (TPSA) is 78.9 Å². The minimum Gasteiger partial charge on any atom is -0.462 e. The van der Waals surface area contributed by atoms with Crippen LogP contribution in [-0.4, -0.2) is 37.2 Å². The first-order valence-corrected chi connectivity index (χ1v) is 27.1. The van der Waals surface area contributed by atoms with Crippen molar-refractivity contribution < 1.29 is 28.6 Å². The Hall–Kier alpha value is -5.23. The van der Waals surface area contributed by atoms with E-state index in [0.717, 1.165) is 122 Å². The molecule has 0 N–H and O–H groups in total. The molecule has 0 saturated carbocycles.